The zero-order valence-electron chi connectivity index (χ0n) is 17.3. The summed E-state index contributed by atoms with van der Waals surface area (Å²) in [5, 5.41) is 2.02. The molecule has 0 saturated heterocycles. The van der Waals surface area contributed by atoms with Gasteiger partial charge in [0, 0.05) is 31.5 Å². The Morgan fingerprint density at radius 3 is 2.73 bits per heavy atom. The first-order chi connectivity index (χ1) is 14.5. The van der Waals surface area contributed by atoms with Gasteiger partial charge in [0.05, 0.1) is 19.2 Å². The molecule has 6 nitrogen and oxygen atoms in total. The molecule has 1 aliphatic rings. The van der Waals surface area contributed by atoms with Gasteiger partial charge in [0.1, 0.15) is 18.2 Å². The van der Waals surface area contributed by atoms with Gasteiger partial charge >= 0.3 is 0 Å². The number of fused-ring (bicyclic) bond motifs is 1. The van der Waals surface area contributed by atoms with Crippen molar-refractivity contribution in [2.24, 2.45) is 0 Å². The summed E-state index contributed by atoms with van der Waals surface area (Å²) >= 11 is 1.68. The molecule has 1 aromatic heterocycles. The van der Waals surface area contributed by atoms with Crippen molar-refractivity contribution >= 4 is 23.2 Å². The number of amides is 2. The van der Waals surface area contributed by atoms with Crippen LogP contribution in [-0.2, 0) is 20.7 Å². The van der Waals surface area contributed by atoms with E-state index >= 15 is 0 Å². The van der Waals surface area contributed by atoms with Crippen LogP contribution < -0.4 is 4.74 Å². The number of benzene rings is 1. The molecule has 3 rings (SSSR count). The zero-order valence-corrected chi connectivity index (χ0v) is 18.1. The Hall–Kier alpha value is -2.45. The number of hydrogen-bond acceptors (Lipinski definition) is 5. The van der Waals surface area contributed by atoms with E-state index in [1.165, 1.54) is 17.0 Å². The molecule has 0 spiro atoms. The lowest BCUT2D eigenvalue weighted by molar-refractivity contribution is -0.143. The molecule has 0 radical (unpaired) electrons. The first kappa shape index (κ1) is 22.2. The number of ether oxygens (including phenoxy) is 2. The smallest absolute Gasteiger partial charge is 0.242 e. The van der Waals surface area contributed by atoms with Crippen molar-refractivity contribution in [1.82, 2.24) is 9.80 Å². The Balaban J connectivity index is 1.74. The van der Waals surface area contributed by atoms with Crippen molar-refractivity contribution in [3.8, 4) is 5.75 Å². The molecule has 8 heteroatoms. The highest BCUT2D eigenvalue weighted by Crippen LogP contribution is 2.34. The van der Waals surface area contributed by atoms with E-state index in [2.05, 4.69) is 0 Å². The molecule has 0 N–H and O–H groups in total. The van der Waals surface area contributed by atoms with E-state index in [9.17, 15) is 14.0 Å². The molecule has 162 valence electrons. The van der Waals surface area contributed by atoms with Crippen molar-refractivity contribution in [1.29, 1.82) is 0 Å². The molecule has 2 amide bonds. The third-order valence-corrected chi connectivity index (χ3v) is 6.18. The second-order valence-corrected chi connectivity index (χ2v) is 8.08. The number of carbonyl (C=O) groups is 2. The monoisotopic (exact) mass is 434 g/mol. The number of halogens is 1. The number of methoxy groups -OCH3 is 1. The van der Waals surface area contributed by atoms with Crippen LogP contribution >= 0.6 is 11.3 Å². The summed E-state index contributed by atoms with van der Waals surface area (Å²) in [4.78, 5) is 30.0. The first-order valence-corrected chi connectivity index (χ1v) is 10.9. The minimum Gasteiger partial charge on any atom is -0.491 e. The molecule has 1 atom stereocenters. The number of carbonyl (C=O) groups excluding carboxylic acids is 2. The molecular weight excluding hydrogens is 407 g/mol. The number of hydrogen-bond donors (Lipinski definition) is 0. The average Bonchev–Trinajstić information content (AvgIpc) is 3.24. The lowest BCUT2D eigenvalue weighted by Crippen LogP contribution is -2.48. The standard InChI is InChI=1S/C22H27FN2O4S/c1-3-21(26)24(11-12-28-2)14-22(27)25-10-8-20-18(9-13-30-20)19(25)15-29-17-6-4-16(23)5-7-17/h4-7,9,13,19H,3,8,10-12,14-15H2,1-2H3. The van der Waals surface area contributed by atoms with Gasteiger partial charge in [-0.1, -0.05) is 6.92 Å². The minimum atomic E-state index is -0.325. The van der Waals surface area contributed by atoms with Gasteiger partial charge < -0.3 is 19.3 Å². The second-order valence-electron chi connectivity index (χ2n) is 7.08. The van der Waals surface area contributed by atoms with Crippen molar-refractivity contribution in [2.45, 2.75) is 25.8 Å². The molecule has 0 fully saturated rings. The van der Waals surface area contributed by atoms with E-state index in [-0.39, 0.29) is 36.8 Å². The Labute approximate surface area is 180 Å². The van der Waals surface area contributed by atoms with Gasteiger partial charge in [0.15, 0.2) is 0 Å². The fourth-order valence-electron chi connectivity index (χ4n) is 3.55. The molecular formula is C22H27FN2O4S. The molecule has 1 aromatic carbocycles. The van der Waals surface area contributed by atoms with Crippen LogP contribution in [0.1, 0.15) is 29.8 Å². The number of thiophene rings is 1. The van der Waals surface area contributed by atoms with E-state index in [0.717, 1.165) is 12.0 Å². The quantitative estimate of drug-likeness (QED) is 0.608. The van der Waals surface area contributed by atoms with E-state index in [0.29, 0.717) is 31.9 Å². The van der Waals surface area contributed by atoms with Gasteiger partial charge in [0.2, 0.25) is 11.8 Å². The van der Waals surface area contributed by atoms with Crippen LogP contribution in [0, 0.1) is 5.82 Å². The first-order valence-electron chi connectivity index (χ1n) is 10.0. The topological polar surface area (TPSA) is 59.1 Å². The Morgan fingerprint density at radius 1 is 1.27 bits per heavy atom. The summed E-state index contributed by atoms with van der Waals surface area (Å²) in [6.07, 6.45) is 1.12. The Kier molecular flexibility index (Phi) is 7.81. The molecule has 0 bridgehead atoms. The summed E-state index contributed by atoms with van der Waals surface area (Å²) in [6.45, 7) is 3.39. The molecule has 30 heavy (non-hydrogen) atoms. The van der Waals surface area contributed by atoms with Crippen LogP contribution in [0.15, 0.2) is 35.7 Å². The average molecular weight is 435 g/mol. The van der Waals surface area contributed by atoms with E-state index in [1.807, 2.05) is 11.4 Å². The maximum Gasteiger partial charge on any atom is 0.242 e. The molecule has 2 heterocycles. The molecule has 0 aliphatic carbocycles. The van der Waals surface area contributed by atoms with Crippen LogP contribution in [0.2, 0.25) is 0 Å². The summed E-state index contributed by atoms with van der Waals surface area (Å²) in [7, 11) is 1.57. The Bertz CT molecular complexity index is 855. The fraction of sp³-hybridized carbons (Fsp3) is 0.455. The van der Waals surface area contributed by atoms with Crippen molar-refractivity contribution in [2.75, 3.05) is 40.0 Å². The maximum atomic E-state index is 13.2. The third-order valence-electron chi connectivity index (χ3n) is 5.18. The lowest BCUT2D eigenvalue weighted by Gasteiger charge is -2.37. The van der Waals surface area contributed by atoms with Gasteiger partial charge in [-0.2, -0.15) is 0 Å². The van der Waals surface area contributed by atoms with Crippen molar-refractivity contribution in [3.63, 3.8) is 0 Å². The third kappa shape index (κ3) is 5.37. The van der Waals surface area contributed by atoms with Gasteiger partial charge in [-0.25, -0.2) is 4.39 Å². The fourth-order valence-corrected chi connectivity index (χ4v) is 4.48. The Morgan fingerprint density at radius 2 is 2.03 bits per heavy atom. The highest BCUT2D eigenvalue weighted by molar-refractivity contribution is 7.10. The lowest BCUT2D eigenvalue weighted by atomic mass is 10.0. The van der Waals surface area contributed by atoms with E-state index < -0.39 is 0 Å². The van der Waals surface area contributed by atoms with Crippen LogP contribution in [0.4, 0.5) is 4.39 Å². The predicted octanol–water partition coefficient (Wildman–Crippen LogP) is 3.28. The largest absolute Gasteiger partial charge is 0.491 e. The normalized spacial score (nSPS) is 15.6. The van der Waals surface area contributed by atoms with Crippen LogP contribution in [0.3, 0.4) is 0 Å². The molecule has 2 aromatic rings. The SMILES string of the molecule is CCC(=O)N(CCOC)CC(=O)N1CCc2sccc2C1COc1ccc(F)cc1. The highest BCUT2D eigenvalue weighted by atomic mass is 32.1. The maximum absolute atomic E-state index is 13.2. The summed E-state index contributed by atoms with van der Waals surface area (Å²) in [5.41, 5.74) is 1.08. The summed E-state index contributed by atoms with van der Waals surface area (Å²) in [5.74, 6) is 0.0351. The van der Waals surface area contributed by atoms with Crippen LogP contribution in [0.25, 0.3) is 0 Å². The van der Waals surface area contributed by atoms with Crippen LogP contribution in [-0.4, -0.2) is 61.6 Å². The summed E-state index contributed by atoms with van der Waals surface area (Å²) < 4.78 is 24.1. The molecule has 1 aliphatic heterocycles. The van der Waals surface area contributed by atoms with Crippen LogP contribution in [0.5, 0.6) is 5.75 Å². The highest BCUT2D eigenvalue weighted by Gasteiger charge is 2.33. The van der Waals surface area contributed by atoms with Gasteiger partial charge in [-0.15, -0.1) is 11.3 Å². The molecule has 0 saturated carbocycles. The number of nitrogens with zero attached hydrogens (tertiary/aromatic N) is 2. The zero-order chi connectivity index (χ0) is 21.5. The van der Waals surface area contributed by atoms with Gasteiger partial charge in [-0.3, -0.25) is 9.59 Å². The number of rotatable bonds is 9. The van der Waals surface area contributed by atoms with Gasteiger partial charge in [-0.05, 0) is 47.7 Å². The minimum absolute atomic E-state index is 0.0164. The van der Waals surface area contributed by atoms with Gasteiger partial charge in [0.25, 0.3) is 0 Å². The molecule has 1 unspecified atom stereocenters. The van der Waals surface area contributed by atoms with Crippen molar-refractivity contribution in [3.05, 3.63) is 52.0 Å². The van der Waals surface area contributed by atoms with Crippen molar-refractivity contribution < 1.29 is 23.5 Å². The van der Waals surface area contributed by atoms with E-state index in [4.69, 9.17) is 9.47 Å². The van der Waals surface area contributed by atoms with E-state index in [1.54, 1.807) is 47.3 Å². The second kappa shape index (κ2) is 10.5. The predicted molar refractivity (Wildman–Crippen MR) is 113 cm³/mol. The summed E-state index contributed by atoms with van der Waals surface area (Å²) in [6, 6.07) is 7.62.